The van der Waals surface area contributed by atoms with Gasteiger partial charge in [0.2, 0.25) is 0 Å². The van der Waals surface area contributed by atoms with Crippen molar-refractivity contribution < 1.29 is 0 Å². The number of aryl methyl sites for hydroxylation is 1. The molecule has 0 aliphatic heterocycles. The van der Waals surface area contributed by atoms with Gasteiger partial charge in [-0.15, -0.1) is 0 Å². The minimum atomic E-state index is 0.915. The van der Waals surface area contributed by atoms with Crippen LogP contribution in [0.25, 0.3) is 0 Å². The Morgan fingerprint density at radius 3 is 2.59 bits per heavy atom. The maximum atomic E-state index is 4.65. The van der Waals surface area contributed by atoms with Gasteiger partial charge in [-0.3, -0.25) is 0 Å². The van der Waals surface area contributed by atoms with Crippen molar-refractivity contribution in [2.24, 2.45) is 5.92 Å². The molecule has 1 saturated carbocycles. The first-order chi connectivity index (χ1) is 8.11. The van der Waals surface area contributed by atoms with Crippen molar-refractivity contribution in [3.63, 3.8) is 0 Å². The van der Waals surface area contributed by atoms with Gasteiger partial charge in [-0.2, -0.15) is 0 Å². The first kappa shape index (κ1) is 12.4. The summed E-state index contributed by atoms with van der Waals surface area (Å²) in [6.45, 7) is 4.29. The van der Waals surface area contributed by atoms with Crippen LogP contribution in [0.4, 0.5) is 5.82 Å². The highest BCUT2D eigenvalue weighted by Gasteiger charge is 2.24. The average molecular weight is 231 g/mol. The van der Waals surface area contributed by atoms with Crippen LogP contribution in [0, 0.1) is 18.9 Å². The van der Waals surface area contributed by atoms with Crippen LogP contribution in [0.2, 0.25) is 0 Å². The molecule has 93 valence electrons. The van der Waals surface area contributed by atoms with Crippen LogP contribution in [-0.2, 0) is 12.8 Å². The molecule has 2 nitrogen and oxygen atoms in total. The highest BCUT2D eigenvalue weighted by atomic mass is 15.1. The first-order valence-corrected chi connectivity index (χ1v) is 6.70. The summed E-state index contributed by atoms with van der Waals surface area (Å²) in [6, 6.07) is 3.49. The van der Waals surface area contributed by atoms with E-state index in [2.05, 4.69) is 43.9 Å². The van der Waals surface area contributed by atoms with Gasteiger partial charge >= 0.3 is 0 Å². The van der Waals surface area contributed by atoms with Crippen LogP contribution in [0.1, 0.15) is 43.0 Å². The smallest absolute Gasteiger partial charge is 0.131 e. The van der Waals surface area contributed by atoms with E-state index in [0.717, 1.165) is 23.9 Å². The second kappa shape index (κ2) is 5.07. The maximum Gasteiger partial charge on any atom is 0.131 e. The zero-order chi connectivity index (χ0) is 12.4. The number of rotatable bonds is 5. The molecular weight excluding hydrogens is 208 g/mol. The number of hydrogen-bond donors (Lipinski definition) is 0. The molecule has 1 aliphatic rings. The number of anilines is 1. The normalized spacial score (nSPS) is 15.1. The summed E-state index contributed by atoms with van der Waals surface area (Å²) in [5.41, 5.74) is 3.88. The second-order valence-corrected chi connectivity index (χ2v) is 5.39. The fourth-order valence-corrected chi connectivity index (χ4v) is 2.35. The Bertz CT molecular complexity index is 392. The van der Waals surface area contributed by atoms with Gasteiger partial charge in [-0.1, -0.05) is 13.3 Å². The van der Waals surface area contributed by atoms with E-state index in [0.29, 0.717) is 0 Å². The van der Waals surface area contributed by atoms with Crippen molar-refractivity contribution in [1.29, 1.82) is 0 Å². The van der Waals surface area contributed by atoms with E-state index < -0.39 is 0 Å². The summed E-state index contributed by atoms with van der Waals surface area (Å²) in [7, 11) is 4.17. The molecular formula is C15H23N2. The highest BCUT2D eigenvalue weighted by Crippen LogP contribution is 2.35. The molecule has 1 aromatic rings. The summed E-state index contributed by atoms with van der Waals surface area (Å²) < 4.78 is 0. The standard InChI is InChI=1S/C15H23N2/c1-5-6-14-13(10-12-7-8-12)9-11(2)16-15(14)17(3)4/h12H,5-8,10H2,1-4H3. The van der Waals surface area contributed by atoms with E-state index in [4.69, 9.17) is 0 Å². The van der Waals surface area contributed by atoms with Crippen LogP contribution in [0.3, 0.4) is 0 Å². The van der Waals surface area contributed by atoms with Crippen LogP contribution in [-0.4, -0.2) is 19.1 Å². The zero-order valence-corrected chi connectivity index (χ0v) is 11.5. The molecule has 17 heavy (non-hydrogen) atoms. The van der Waals surface area contributed by atoms with E-state index in [9.17, 15) is 0 Å². The van der Waals surface area contributed by atoms with E-state index in [-0.39, 0.29) is 0 Å². The van der Waals surface area contributed by atoms with Crippen molar-refractivity contribution in [3.8, 4) is 0 Å². The van der Waals surface area contributed by atoms with Gasteiger partial charge in [-0.25, -0.2) is 4.98 Å². The summed E-state index contributed by atoms with van der Waals surface area (Å²) >= 11 is 0. The predicted octanol–water partition coefficient (Wildman–Crippen LogP) is 3.16. The molecule has 0 saturated heterocycles. The number of nitrogens with zero attached hydrogens (tertiary/aromatic N) is 2. The van der Waals surface area contributed by atoms with Crippen LogP contribution >= 0.6 is 0 Å². The molecule has 0 bridgehead atoms. The number of aromatic nitrogens is 1. The fourth-order valence-electron chi connectivity index (χ4n) is 2.35. The Morgan fingerprint density at radius 1 is 1.35 bits per heavy atom. The molecule has 0 N–H and O–H groups in total. The minimum Gasteiger partial charge on any atom is -0.362 e. The lowest BCUT2D eigenvalue weighted by Gasteiger charge is -2.20. The van der Waals surface area contributed by atoms with E-state index >= 15 is 0 Å². The predicted molar refractivity (Wildman–Crippen MR) is 72.6 cm³/mol. The van der Waals surface area contributed by atoms with Crippen LogP contribution in [0.5, 0.6) is 0 Å². The highest BCUT2D eigenvalue weighted by molar-refractivity contribution is 5.51. The Hall–Kier alpha value is -1.05. The molecule has 1 radical (unpaired) electrons. The van der Waals surface area contributed by atoms with Gasteiger partial charge in [0.05, 0.1) is 0 Å². The van der Waals surface area contributed by atoms with Crippen molar-refractivity contribution in [1.82, 2.24) is 4.98 Å². The quantitative estimate of drug-likeness (QED) is 0.774. The maximum absolute atomic E-state index is 4.65. The van der Waals surface area contributed by atoms with Crippen molar-refractivity contribution in [2.45, 2.75) is 46.0 Å². The largest absolute Gasteiger partial charge is 0.362 e. The molecule has 0 unspecified atom stereocenters. The minimum absolute atomic E-state index is 0.915. The fraction of sp³-hybridized carbons (Fsp3) is 0.667. The number of pyridine rings is 1. The lowest BCUT2D eigenvalue weighted by atomic mass is 9.98. The van der Waals surface area contributed by atoms with Crippen molar-refractivity contribution in [3.05, 3.63) is 22.9 Å². The van der Waals surface area contributed by atoms with Gasteiger partial charge in [0, 0.05) is 25.9 Å². The monoisotopic (exact) mass is 231 g/mol. The van der Waals surface area contributed by atoms with Gasteiger partial charge in [0.15, 0.2) is 0 Å². The Morgan fingerprint density at radius 2 is 2.06 bits per heavy atom. The van der Waals surface area contributed by atoms with Crippen LogP contribution < -0.4 is 4.90 Å². The topological polar surface area (TPSA) is 16.1 Å². The van der Waals surface area contributed by atoms with Gasteiger partial charge < -0.3 is 4.90 Å². The van der Waals surface area contributed by atoms with Gasteiger partial charge in [0.1, 0.15) is 5.82 Å². The lowest BCUT2D eigenvalue weighted by Crippen LogP contribution is -2.16. The zero-order valence-electron chi connectivity index (χ0n) is 11.5. The third-order valence-corrected chi connectivity index (χ3v) is 3.35. The average Bonchev–Trinajstić information content (AvgIpc) is 3.05. The Balaban J connectivity index is 2.38. The lowest BCUT2D eigenvalue weighted by molar-refractivity contribution is 0.793. The van der Waals surface area contributed by atoms with Crippen molar-refractivity contribution in [2.75, 3.05) is 19.0 Å². The van der Waals surface area contributed by atoms with Crippen molar-refractivity contribution >= 4 is 5.82 Å². The molecule has 0 spiro atoms. The Kier molecular flexibility index (Phi) is 3.70. The van der Waals surface area contributed by atoms with E-state index in [1.54, 1.807) is 0 Å². The molecule has 0 amide bonds. The molecule has 1 aromatic heterocycles. The summed E-state index contributed by atoms with van der Waals surface area (Å²) in [6.07, 6.45) is 6.31. The third-order valence-electron chi connectivity index (χ3n) is 3.35. The molecule has 0 atom stereocenters. The molecule has 1 heterocycles. The van der Waals surface area contributed by atoms with E-state index in [1.165, 1.54) is 36.8 Å². The summed E-state index contributed by atoms with van der Waals surface area (Å²) in [5.74, 6) is 2.07. The molecule has 0 aromatic carbocycles. The van der Waals surface area contributed by atoms with E-state index in [1.807, 2.05) is 0 Å². The first-order valence-electron chi connectivity index (χ1n) is 6.70. The van der Waals surface area contributed by atoms with Gasteiger partial charge in [-0.05, 0) is 49.7 Å². The summed E-state index contributed by atoms with van der Waals surface area (Å²) in [4.78, 5) is 6.79. The summed E-state index contributed by atoms with van der Waals surface area (Å²) in [5, 5.41) is 0. The molecule has 1 fully saturated rings. The number of hydrogen-bond acceptors (Lipinski definition) is 2. The molecule has 1 aliphatic carbocycles. The second-order valence-electron chi connectivity index (χ2n) is 5.39. The van der Waals surface area contributed by atoms with Crippen LogP contribution in [0.15, 0.2) is 0 Å². The molecule has 2 rings (SSSR count). The third kappa shape index (κ3) is 2.99. The molecule has 2 heteroatoms. The Labute approximate surface area is 105 Å². The van der Waals surface area contributed by atoms with Gasteiger partial charge in [0.25, 0.3) is 0 Å². The SMILES string of the molecule is CCCc1c(CC2CC2)[c]c(C)nc1N(C)C.